The highest BCUT2D eigenvalue weighted by Crippen LogP contribution is 2.40. The van der Waals surface area contributed by atoms with Crippen LogP contribution in [0.1, 0.15) is 18.4 Å². The van der Waals surface area contributed by atoms with Crippen molar-refractivity contribution in [2.75, 3.05) is 50.7 Å². The number of hydrogen-bond acceptors (Lipinski definition) is 5. The highest BCUT2D eigenvalue weighted by atomic mass is 32.2. The van der Waals surface area contributed by atoms with E-state index in [0.29, 0.717) is 26.2 Å². The summed E-state index contributed by atoms with van der Waals surface area (Å²) in [7, 11) is 0. The van der Waals surface area contributed by atoms with Gasteiger partial charge in [0.1, 0.15) is 6.54 Å². The van der Waals surface area contributed by atoms with Crippen molar-refractivity contribution in [3.05, 3.63) is 60.2 Å². The van der Waals surface area contributed by atoms with Crippen LogP contribution in [0.4, 0.5) is 5.69 Å². The summed E-state index contributed by atoms with van der Waals surface area (Å²) < 4.78 is 0. The Balaban J connectivity index is 1.25. The molecule has 5 rings (SSSR count). The van der Waals surface area contributed by atoms with Crippen molar-refractivity contribution in [1.82, 2.24) is 14.7 Å². The Labute approximate surface area is 204 Å². The number of benzene rings is 2. The zero-order valence-electron chi connectivity index (χ0n) is 19.3. The number of thioether (sulfide) groups is 1. The molecule has 7 nitrogen and oxygen atoms in total. The van der Waals surface area contributed by atoms with Gasteiger partial charge in [-0.1, -0.05) is 42.5 Å². The fraction of sp³-hybridized carbons (Fsp3) is 0.423. The molecular formula is C26H30N4O3S. The van der Waals surface area contributed by atoms with Gasteiger partial charge in [0.2, 0.25) is 11.8 Å². The van der Waals surface area contributed by atoms with Crippen molar-refractivity contribution in [2.24, 2.45) is 0 Å². The first-order chi connectivity index (χ1) is 16.6. The van der Waals surface area contributed by atoms with Gasteiger partial charge in [-0.25, -0.2) is 0 Å². The molecule has 2 saturated heterocycles. The molecule has 3 heterocycles. The summed E-state index contributed by atoms with van der Waals surface area (Å²) in [6.07, 6.45) is 1.96. The molecule has 34 heavy (non-hydrogen) atoms. The SMILES string of the molecule is O=C(CN1C(=O)C(C(=O)N2CCCC2)Sc2ccccc21)N1CCN(Cc2ccccc2)CC1. The van der Waals surface area contributed by atoms with E-state index in [4.69, 9.17) is 0 Å². The number of para-hydroxylation sites is 1. The molecule has 0 N–H and O–H groups in total. The third kappa shape index (κ3) is 4.83. The first-order valence-electron chi connectivity index (χ1n) is 12.0. The molecule has 2 aromatic carbocycles. The number of anilines is 1. The largest absolute Gasteiger partial charge is 0.341 e. The highest BCUT2D eigenvalue weighted by molar-refractivity contribution is 8.01. The normalized spacial score (nSPS) is 21.0. The van der Waals surface area contributed by atoms with E-state index in [2.05, 4.69) is 17.0 Å². The quantitative estimate of drug-likeness (QED) is 0.618. The number of piperazine rings is 1. The fourth-order valence-corrected chi connectivity index (χ4v) is 6.06. The minimum Gasteiger partial charge on any atom is -0.341 e. The third-order valence-electron chi connectivity index (χ3n) is 6.80. The van der Waals surface area contributed by atoms with E-state index in [0.717, 1.165) is 43.1 Å². The third-order valence-corrected chi connectivity index (χ3v) is 8.04. The lowest BCUT2D eigenvalue weighted by molar-refractivity contribution is -0.136. The Bertz CT molecular complexity index is 1050. The maximum atomic E-state index is 13.4. The molecule has 0 saturated carbocycles. The summed E-state index contributed by atoms with van der Waals surface area (Å²) in [6, 6.07) is 17.9. The van der Waals surface area contributed by atoms with Gasteiger partial charge in [-0.2, -0.15) is 0 Å². The Kier molecular flexibility index (Phi) is 6.87. The van der Waals surface area contributed by atoms with Crippen LogP contribution in [0.2, 0.25) is 0 Å². The number of carbonyl (C=O) groups excluding carboxylic acids is 3. The van der Waals surface area contributed by atoms with Crippen LogP contribution >= 0.6 is 11.8 Å². The van der Waals surface area contributed by atoms with Crippen LogP contribution in [0.3, 0.4) is 0 Å². The molecule has 178 valence electrons. The minimum atomic E-state index is -0.816. The van der Waals surface area contributed by atoms with Crippen molar-refractivity contribution in [1.29, 1.82) is 0 Å². The van der Waals surface area contributed by atoms with Crippen LogP contribution in [0.25, 0.3) is 0 Å². The summed E-state index contributed by atoms with van der Waals surface area (Å²) in [5.74, 6) is -0.479. The first kappa shape index (κ1) is 22.9. The van der Waals surface area contributed by atoms with Gasteiger partial charge < -0.3 is 14.7 Å². The van der Waals surface area contributed by atoms with Gasteiger partial charge in [-0.15, -0.1) is 11.8 Å². The molecule has 2 aromatic rings. The summed E-state index contributed by atoms with van der Waals surface area (Å²) >= 11 is 1.31. The van der Waals surface area contributed by atoms with Crippen LogP contribution < -0.4 is 4.90 Å². The molecule has 3 amide bonds. The second-order valence-corrected chi connectivity index (χ2v) is 10.2. The predicted octanol–water partition coefficient (Wildman–Crippen LogP) is 2.46. The lowest BCUT2D eigenvalue weighted by Gasteiger charge is -2.38. The van der Waals surface area contributed by atoms with Crippen LogP contribution in [-0.4, -0.2) is 83.5 Å². The van der Waals surface area contributed by atoms with Crippen molar-refractivity contribution in [3.8, 4) is 0 Å². The smallest absolute Gasteiger partial charge is 0.250 e. The Morgan fingerprint density at radius 2 is 1.50 bits per heavy atom. The molecule has 0 radical (unpaired) electrons. The monoisotopic (exact) mass is 478 g/mol. The second-order valence-electron chi connectivity index (χ2n) is 9.06. The van der Waals surface area contributed by atoms with E-state index in [1.54, 1.807) is 4.90 Å². The fourth-order valence-electron chi connectivity index (χ4n) is 4.87. The average Bonchev–Trinajstić information content (AvgIpc) is 3.41. The Morgan fingerprint density at radius 3 is 2.24 bits per heavy atom. The average molecular weight is 479 g/mol. The maximum absolute atomic E-state index is 13.4. The van der Waals surface area contributed by atoms with E-state index in [9.17, 15) is 14.4 Å². The highest BCUT2D eigenvalue weighted by Gasteiger charge is 2.41. The summed E-state index contributed by atoms with van der Waals surface area (Å²) in [5.41, 5.74) is 1.99. The van der Waals surface area contributed by atoms with Crippen LogP contribution in [0.5, 0.6) is 0 Å². The van der Waals surface area contributed by atoms with Gasteiger partial charge in [-0.3, -0.25) is 19.3 Å². The van der Waals surface area contributed by atoms with E-state index < -0.39 is 5.25 Å². The number of rotatable bonds is 5. The number of likely N-dealkylation sites (tertiary alicyclic amines) is 1. The van der Waals surface area contributed by atoms with Gasteiger partial charge in [0.05, 0.1) is 5.69 Å². The predicted molar refractivity (Wildman–Crippen MR) is 133 cm³/mol. The maximum Gasteiger partial charge on any atom is 0.250 e. The van der Waals surface area contributed by atoms with Crippen LogP contribution in [-0.2, 0) is 20.9 Å². The molecular weight excluding hydrogens is 448 g/mol. The van der Waals surface area contributed by atoms with Crippen molar-refractivity contribution < 1.29 is 14.4 Å². The van der Waals surface area contributed by atoms with Crippen LogP contribution in [0.15, 0.2) is 59.5 Å². The topological polar surface area (TPSA) is 64.2 Å². The molecule has 1 atom stereocenters. The molecule has 1 unspecified atom stereocenters. The lowest BCUT2D eigenvalue weighted by Crippen LogP contribution is -2.54. The molecule has 3 aliphatic heterocycles. The van der Waals surface area contributed by atoms with Crippen LogP contribution in [0, 0.1) is 0 Å². The molecule has 3 aliphatic rings. The number of amides is 3. The van der Waals surface area contributed by atoms with Gasteiger partial charge in [0.25, 0.3) is 5.91 Å². The van der Waals surface area contributed by atoms with Gasteiger partial charge >= 0.3 is 0 Å². The summed E-state index contributed by atoms with van der Waals surface area (Å²) in [4.78, 5) is 48.2. The van der Waals surface area contributed by atoms with Crippen molar-refractivity contribution in [3.63, 3.8) is 0 Å². The molecule has 2 fully saturated rings. The zero-order valence-corrected chi connectivity index (χ0v) is 20.1. The van der Waals surface area contributed by atoms with Crippen molar-refractivity contribution in [2.45, 2.75) is 29.5 Å². The van der Waals surface area contributed by atoms with Crippen molar-refractivity contribution >= 4 is 35.2 Å². The van der Waals surface area contributed by atoms with Gasteiger partial charge in [0, 0.05) is 50.7 Å². The molecule has 0 aliphatic carbocycles. The second kappa shape index (κ2) is 10.2. The van der Waals surface area contributed by atoms with E-state index in [1.165, 1.54) is 22.2 Å². The first-order valence-corrected chi connectivity index (χ1v) is 12.9. The standard InChI is InChI=1S/C26H30N4O3S/c31-23(28-16-14-27(15-17-28)18-20-8-2-1-3-9-20)19-30-21-10-4-5-11-22(21)34-24(26(30)33)25(32)29-12-6-7-13-29/h1-5,8-11,24H,6-7,12-19H2. The minimum absolute atomic E-state index is 0.0289. The van der Waals surface area contributed by atoms with Gasteiger partial charge in [0.15, 0.2) is 5.25 Å². The summed E-state index contributed by atoms with van der Waals surface area (Å²) in [6.45, 7) is 5.14. The molecule has 8 heteroatoms. The zero-order chi connectivity index (χ0) is 23.5. The Hall–Kier alpha value is -2.84. The molecule has 0 bridgehead atoms. The number of carbonyl (C=O) groups is 3. The Morgan fingerprint density at radius 1 is 0.824 bits per heavy atom. The molecule has 0 aromatic heterocycles. The van der Waals surface area contributed by atoms with Gasteiger partial charge in [-0.05, 0) is 30.5 Å². The molecule has 0 spiro atoms. The lowest BCUT2D eigenvalue weighted by atomic mass is 10.2. The number of nitrogens with zero attached hydrogens (tertiary/aromatic N) is 4. The summed E-state index contributed by atoms with van der Waals surface area (Å²) in [5, 5.41) is -0.816. The van der Waals surface area contributed by atoms with E-state index in [1.807, 2.05) is 47.4 Å². The number of fused-ring (bicyclic) bond motifs is 1. The van der Waals surface area contributed by atoms with E-state index in [-0.39, 0.29) is 24.3 Å². The van der Waals surface area contributed by atoms with E-state index >= 15 is 0 Å². The number of hydrogen-bond donors (Lipinski definition) is 0.